The molecule has 4 heteroatoms. The van der Waals surface area contributed by atoms with Crippen molar-refractivity contribution in [2.75, 3.05) is 6.26 Å². The number of pyridine rings is 1. The van der Waals surface area contributed by atoms with Gasteiger partial charge in [0.1, 0.15) is 12.4 Å². The fraction of sp³-hybridized carbons (Fsp3) is 0.353. The van der Waals surface area contributed by atoms with Crippen LogP contribution in [0.15, 0.2) is 47.4 Å². The van der Waals surface area contributed by atoms with Crippen LogP contribution in [0.3, 0.4) is 0 Å². The van der Waals surface area contributed by atoms with Crippen LogP contribution in [0.25, 0.3) is 0 Å². The van der Waals surface area contributed by atoms with Crippen molar-refractivity contribution in [3.63, 3.8) is 0 Å². The molecule has 0 atom stereocenters. The lowest BCUT2D eigenvalue weighted by Gasteiger charge is -2.08. The molecule has 1 aromatic heterocycles. The van der Waals surface area contributed by atoms with Gasteiger partial charge in [-0.1, -0.05) is 6.07 Å². The summed E-state index contributed by atoms with van der Waals surface area (Å²) in [5.74, 6) is 0.885. The topological polar surface area (TPSA) is 34.1 Å². The van der Waals surface area contributed by atoms with Gasteiger partial charge in [0.05, 0.1) is 11.4 Å². The molecule has 1 heterocycles. The summed E-state index contributed by atoms with van der Waals surface area (Å²) in [7, 11) is 0. The first-order chi connectivity index (χ1) is 10.3. The Balaban J connectivity index is 1.54. The van der Waals surface area contributed by atoms with E-state index in [2.05, 4.69) is 34.8 Å². The van der Waals surface area contributed by atoms with Crippen LogP contribution in [-0.2, 0) is 13.2 Å². The summed E-state index contributed by atoms with van der Waals surface area (Å²) in [5, 5.41) is 3.48. The third-order valence-corrected chi connectivity index (χ3v) is 4.20. The molecule has 2 aromatic rings. The Morgan fingerprint density at radius 3 is 2.62 bits per heavy atom. The minimum absolute atomic E-state index is 0.510. The van der Waals surface area contributed by atoms with Gasteiger partial charge in [0.2, 0.25) is 0 Å². The molecule has 1 saturated carbocycles. The molecule has 0 radical (unpaired) electrons. The van der Waals surface area contributed by atoms with Crippen molar-refractivity contribution in [1.29, 1.82) is 0 Å². The molecule has 0 saturated heterocycles. The molecular weight excluding hydrogens is 280 g/mol. The van der Waals surface area contributed by atoms with Gasteiger partial charge in [-0.25, -0.2) is 0 Å². The smallest absolute Gasteiger partial charge is 0.130 e. The maximum atomic E-state index is 5.79. The number of nitrogens with zero attached hydrogens (tertiary/aromatic N) is 1. The Morgan fingerprint density at radius 2 is 1.90 bits per heavy atom. The van der Waals surface area contributed by atoms with Gasteiger partial charge in [0.25, 0.3) is 0 Å². The number of hydrogen-bond acceptors (Lipinski definition) is 4. The third kappa shape index (κ3) is 4.48. The SMILES string of the molecule is CSc1ccc(OCc2cccc(CNC3CC3)n2)cc1. The quantitative estimate of drug-likeness (QED) is 0.792. The van der Waals surface area contributed by atoms with Gasteiger partial charge in [-0.15, -0.1) is 11.8 Å². The first-order valence-electron chi connectivity index (χ1n) is 7.28. The van der Waals surface area contributed by atoms with Gasteiger partial charge in [0, 0.05) is 17.5 Å². The number of thioether (sulfide) groups is 1. The van der Waals surface area contributed by atoms with Crippen LogP contribution in [0, 0.1) is 0 Å². The highest BCUT2D eigenvalue weighted by Gasteiger charge is 2.20. The van der Waals surface area contributed by atoms with E-state index in [4.69, 9.17) is 4.74 Å². The van der Waals surface area contributed by atoms with Crippen LogP contribution in [0.2, 0.25) is 0 Å². The molecule has 1 fully saturated rings. The van der Waals surface area contributed by atoms with E-state index < -0.39 is 0 Å². The molecule has 1 aliphatic rings. The van der Waals surface area contributed by atoms with Crippen molar-refractivity contribution < 1.29 is 4.74 Å². The Labute approximate surface area is 130 Å². The number of aromatic nitrogens is 1. The van der Waals surface area contributed by atoms with Crippen LogP contribution >= 0.6 is 11.8 Å². The summed E-state index contributed by atoms with van der Waals surface area (Å²) in [6, 6.07) is 15.0. The zero-order valence-electron chi connectivity index (χ0n) is 12.2. The van der Waals surface area contributed by atoms with Crippen molar-refractivity contribution in [2.45, 2.75) is 36.9 Å². The second kappa shape index (κ2) is 6.96. The molecule has 3 nitrogen and oxygen atoms in total. The number of hydrogen-bond donors (Lipinski definition) is 1. The summed E-state index contributed by atoms with van der Waals surface area (Å²) in [6.45, 7) is 1.36. The van der Waals surface area contributed by atoms with Gasteiger partial charge in [0.15, 0.2) is 0 Å². The number of benzene rings is 1. The molecular formula is C17H20N2OS. The maximum absolute atomic E-state index is 5.79. The molecule has 0 aliphatic heterocycles. The summed E-state index contributed by atoms with van der Waals surface area (Å²) in [6.07, 6.45) is 4.67. The fourth-order valence-corrected chi connectivity index (χ4v) is 2.48. The van der Waals surface area contributed by atoms with E-state index in [1.54, 1.807) is 11.8 Å². The van der Waals surface area contributed by atoms with E-state index in [0.29, 0.717) is 12.6 Å². The standard InChI is InChI=1S/C17H20N2OS/c1-21-17-9-7-16(8-10-17)20-12-15-4-2-3-14(19-15)11-18-13-5-6-13/h2-4,7-10,13,18H,5-6,11-12H2,1H3. The Bertz CT molecular complexity index is 582. The predicted octanol–water partition coefficient (Wildman–Crippen LogP) is 3.63. The first kappa shape index (κ1) is 14.4. The van der Waals surface area contributed by atoms with E-state index in [0.717, 1.165) is 23.7 Å². The molecule has 0 unspecified atom stereocenters. The van der Waals surface area contributed by atoms with Crippen molar-refractivity contribution in [3.05, 3.63) is 53.9 Å². The van der Waals surface area contributed by atoms with Crippen molar-refractivity contribution in [3.8, 4) is 5.75 Å². The molecule has 1 aliphatic carbocycles. The molecule has 0 bridgehead atoms. The predicted molar refractivity (Wildman–Crippen MR) is 86.7 cm³/mol. The summed E-state index contributed by atoms with van der Waals surface area (Å²) in [5.41, 5.74) is 2.06. The maximum Gasteiger partial charge on any atom is 0.130 e. The summed E-state index contributed by atoms with van der Waals surface area (Å²) in [4.78, 5) is 5.87. The monoisotopic (exact) mass is 300 g/mol. The minimum atomic E-state index is 0.510. The molecule has 110 valence electrons. The molecule has 0 spiro atoms. The summed E-state index contributed by atoms with van der Waals surface area (Å²) < 4.78 is 5.79. The van der Waals surface area contributed by atoms with Gasteiger partial charge in [-0.2, -0.15) is 0 Å². The van der Waals surface area contributed by atoms with E-state index in [1.165, 1.54) is 17.7 Å². The summed E-state index contributed by atoms with van der Waals surface area (Å²) >= 11 is 1.73. The number of rotatable bonds is 7. The van der Waals surface area contributed by atoms with Gasteiger partial charge < -0.3 is 10.1 Å². The molecule has 3 rings (SSSR count). The zero-order chi connectivity index (χ0) is 14.5. The van der Waals surface area contributed by atoms with Gasteiger partial charge in [-0.05, 0) is 55.5 Å². The van der Waals surface area contributed by atoms with Crippen LogP contribution in [0.4, 0.5) is 0 Å². The molecule has 1 N–H and O–H groups in total. The van der Waals surface area contributed by atoms with Crippen LogP contribution in [-0.4, -0.2) is 17.3 Å². The van der Waals surface area contributed by atoms with E-state index in [1.807, 2.05) is 24.3 Å². The average Bonchev–Trinajstić information content (AvgIpc) is 3.36. The Morgan fingerprint density at radius 1 is 1.14 bits per heavy atom. The largest absolute Gasteiger partial charge is 0.487 e. The van der Waals surface area contributed by atoms with E-state index >= 15 is 0 Å². The van der Waals surface area contributed by atoms with E-state index in [-0.39, 0.29) is 0 Å². The lowest BCUT2D eigenvalue weighted by molar-refractivity contribution is 0.300. The minimum Gasteiger partial charge on any atom is -0.487 e. The number of nitrogens with one attached hydrogen (secondary N) is 1. The Hall–Kier alpha value is -1.52. The lowest BCUT2D eigenvalue weighted by atomic mass is 10.3. The second-order valence-corrected chi connectivity index (χ2v) is 6.12. The first-order valence-corrected chi connectivity index (χ1v) is 8.51. The van der Waals surface area contributed by atoms with Gasteiger partial charge >= 0.3 is 0 Å². The van der Waals surface area contributed by atoms with Crippen molar-refractivity contribution >= 4 is 11.8 Å². The van der Waals surface area contributed by atoms with Crippen LogP contribution < -0.4 is 10.1 Å². The van der Waals surface area contributed by atoms with E-state index in [9.17, 15) is 0 Å². The number of ether oxygens (including phenoxy) is 1. The molecule has 0 amide bonds. The average molecular weight is 300 g/mol. The zero-order valence-corrected chi connectivity index (χ0v) is 13.0. The fourth-order valence-electron chi connectivity index (χ4n) is 2.07. The second-order valence-electron chi connectivity index (χ2n) is 5.24. The molecule has 21 heavy (non-hydrogen) atoms. The molecule has 1 aromatic carbocycles. The van der Waals surface area contributed by atoms with Crippen LogP contribution in [0.5, 0.6) is 5.75 Å². The van der Waals surface area contributed by atoms with Crippen molar-refractivity contribution in [1.82, 2.24) is 10.3 Å². The van der Waals surface area contributed by atoms with Crippen LogP contribution in [0.1, 0.15) is 24.2 Å². The third-order valence-electron chi connectivity index (χ3n) is 3.46. The highest BCUT2D eigenvalue weighted by molar-refractivity contribution is 7.98. The lowest BCUT2D eigenvalue weighted by Crippen LogP contribution is -2.16. The Kier molecular flexibility index (Phi) is 4.78. The van der Waals surface area contributed by atoms with Crippen molar-refractivity contribution in [2.24, 2.45) is 0 Å². The highest BCUT2D eigenvalue weighted by atomic mass is 32.2. The highest BCUT2D eigenvalue weighted by Crippen LogP contribution is 2.20. The normalized spacial score (nSPS) is 14.1. The van der Waals surface area contributed by atoms with Gasteiger partial charge in [-0.3, -0.25) is 4.98 Å².